The molecule has 1 fully saturated rings. The van der Waals surface area contributed by atoms with E-state index in [2.05, 4.69) is 5.32 Å². The summed E-state index contributed by atoms with van der Waals surface area (Å²) in [6.07, 6.45) is 0.931. The molecule has 2 aliphatic heterocycles. The average Bonchev–Trinajstić information content (AvgIpc) is 3.36. The molecule has 1 unspecified atom stereocenters. The Kier molecular flexibility index (Phi) is 4.90. The highest BCUT2D eigenvalue weighted by Crippen LogP contribution is 2.34. The largest absolute Gasteiger partial charge is 0.493 e. The zero-order valence-corrected chi connectivity index (χ0v) is 15.7. The molecule has 0 radical (unpaired) electrons. The Morgan fingerprint density at radius 3 is 2.70 bits per heavy atom. The van der Waals surface area contributed by atoms with Crippen molar-refractivity contribution in [2.24, 2.45) is 0 Å². The van der Waals surface area contributed by atoms with E-state index in [0.29, 0.717) is 25.7 Å². The van der Waals surface area contributed by atoms with E-state index in [1.54, 1.807) is 14.2 Å². The number of fused-ring (bicyclic) bond motifs is 1. The first kappa shape index (κ1) is 17.7. The maximum absolute atomic E-state index is 12.7. The molecule has 2 aromatic carbocycles. The number of ether oxygens (including phenoxy) is 3. The fourth-order valence-electron chi connectivity index (χ4n) is 3.78. The number of urea groups is 1. The summed E-state index contributed by atoms with van der Waals surface area (Å²) >= 11 is 0. The molecule has 0 saturated carbocycles. The third-order valence-electron chi connectivity index (χ3n) is 5.33. The number of rotatable bonds is 4. The Bertz CT molecular complexity index is 852. The molecule has 1 atom stereocenters. The molecule has 2 aromatic rings. The highest BCUT2D eigenvalue weighted by atomic mass is 16.5. The molecular weight excluding hydrogens is 344 g/mol. The van der Waals surface area contributed by atoms with Gasteiger partial charge in [-0.1, -0.05) is 12.1 Å². The average molecular weight is 368 g/mol. The van der Waals surface area contributed by atoms with Gasteiger partial charge in [-0.25, -0.2) is 4.79 Å². The van der Waals surface area contributed by atoms with Crippen LogP contribution >= 0.6 is 0 Å². The molecule has 142 valence electrons. The molecule has 6 heteroatoms. The van der Waals surface area contributed by atoms with Gasteiger partial charge in [-0.2, -0.15) is 0 Å². The van der Waals surface area contributed by atoms with Gasteiger partial charge in [0.1, 0.15) is 0 Å². The molecule has 6 nitrogen and oxygen atoms in total. The van der Waals surface area contributed by atoms with Crippen molar-refractivity contribution in [2.75, 3.05) is 32.6 Å². The molecular formula is C21H24N2O4. The standard InChI is InChI=1S/C21H24N2O4/c1-25-19-6-4-14(10-20(19)26-2)15-7-8-23(11-15)21(24)22-18-5-3-16-12-27-13-17(16)9-18/h3-6,9-10,15H,7-8,11-13H2,1-2H3,(H,22,24). The van der Waals surface area contributed by atoms with Crippen LogP contribution in [0.4, 0.5) is 10.5 Å². The molecule has 2 heterocycles. The van der Waals surface area contributed by atoms with Crippen LogP contribution < -0.4 is 14.8 Å². The van der Waals surface area contributed by atoms with Gasteiger partial charge in [-0.3, -0.25) is 0 Å². The SMILES string of the molecule is COc1ccc(C2CCN(C(=O)Nc3ccc4c(c3)COC4)C2)cc1OC. The number of hydrogen-bond acceptors (Lipinski definition) is 4. The molecule has 2 amide bonds. The molecule has 1 saturated heterocycles. The molecule has 0 aliphatic carbocycles. The van der Waals surface area contributed by atoms with Crippen molar-refractivity contribution in [2.45, 2.75) is 25.6 Å². The second kappa shape index (κ2) is 7.48. The molecule has 0 aromatic heterocycles. The van der Waals surface area contributed by atoms with Gasteiger partial charge in [0.05, 0.1) is 27.4 Å². The van der Waals surface area contributed by atoms with E-state index < -0.39 is 0 Å². The first-order valence-electron chi connectivity index (χ1n) is 9.15. The summed E-state index contributed by atoms with van der Waals surface area (Å²) in [6, 6.07) is 11.9. The Morgan fingerprint density at radius 1 is 1.07 bits per heavy atom. The number of benzene rings is 2. The van der Waals surface area contributed by atoms with Crippen molar-refractivity contribution in [1.82, 2.24) is 4.90 Å². The number of nitrogens with zero attached hydrogens (tertiary/aromatic N) is 1. The van der Waals surface area contributed by atoms with Crippen LogP contribution in [0.5, 0.6) is 11.5 Å². The lowest BCUT2D eigenvalue weighted by Gasteiger charge is -2.18. The monoisotopic (exact) mass is 368 g/mol. The van der Waals surface area contributed by atoms with Gasteiger partial charge in [0.25, 0.3) is 0 Å². The predicted molar refractivity (Wildman–Crippen MR) is 102 cm³/mol. The van der Waals surface area contributed by atoms with Crippen LogP contribution in [-0.2, 0) is 18.0 Å². The lowest BCUT2D eigenvalue weighted by molar-refractivity contribution is 0.134. The second-order valence-electron chi connectivity index (χ2n) is 6.95. The number of anilines is 1. The van der Waals surface area contributed by atoms with E-state index in [0.717, 1.165) is 41.3 Å². The normalized spacial score (nSPS) is 18.3. The van der Waals surface area contributed by atoms with Crippen molar-refractivity contribution >= 4 is 11.7 Å². The Hall–Kier alpha value is -2.73. The van der Waals surface area contributed by atoms with Crippen LogP contribution in [0.1, 0.15) is 29.0 Å². The minimum Gasteiger partial charge on any atom is -0.493 e. The molecule has 1 N–H and O–H groups in total. The zero-order valence-electron chi connectivity index (χ0n) is 15.7. The van der Waals surface area contributed by atoms with Gasteiger partial charge >= 0.3 is 6.03 Å². The summed E-state index contributed by atoms with van der Waals surface area (Å²) in [7, 11) is 3.27. The molecule has 4 rings (SSSR count). The van der Waals surface area contributed by atoms with E-state index in [4.69, 9.17) is 14.2 Å². The third kappa shape index (κ3) is 3.57. The van der Waals surface area contributed by atoms with Gasteiger partial charge < -0.3 is 24.4 Å². The molecule has 2 aliphatic rings. The second-order valence-corrected chi connectivity index (χ2v) is 6.95. The van der Waals surface area contributed by atoms with Crippen molar-refractivity contribution in [3.8, 4) is 11.5 Å². The van der Waals surface area contributed by atoms with E-state index >= 15 is 0 Å². The maximum Gasteiger partial charge on any atom is 0.321 e. The van der Waals surface area contributed by atoms with Crippen molar-refractivity contribution in [3.05, 3.63) is 53.1 Å². The fraction of sp³-hybridized carbons (Fsp3) is 0.381. The Morgan fingerprint density at radius 2 is 1.89 bits per heavy atom. The topological polar surface area (TPSA) is 60.0 Å². The zero-order chi connectivity index (χ0) is 18.8. The van der Waals surface area contributed by atoms with E-state index in [-0.39, 0.29) is 6.03 Å². The summed E-state index contributed by atoms with van der Waals surface area (Å²) in [5.74, 6) is 1.73. The van der Waals surface area contributed by atoms with Crippen molar-refractivity contribution < 1.29 is 19.0 Å². The van der Waals surface area contributed by atoms with Gasteiger partial charge in [-0.15, -0.1) is 0 Å². The first-order chi connectivity index (χ1) is 13.2. The van der Waals surface area contributed by atoms with Gasteiger partial charge in [0.2, 0.25) is 0 Å². The lowest BCUT2D eigenvalue weighted by atomic mass is 9.98. The Labute approximate surface area is 159 Å². The van der Waals surface area contributed by atoms with E-state index in [1.165, 1.54) is 5.56 Å². The number of likely N-dealkylation sites (tertiary alicyclic amines) is 1. The van der Waals surface area contributed by atoms with Gasteiger partial charge in [0.15, 0.2) is 11.5 Å². The lowest BCUT2D eigenvalue weighted by Crippen LogP contribution is -2.32. The highest BCUT2D eigenvalue weighted by Gasteiger charge is 2.28. The summed E-state index contributed by atoms with van der Waals surface area (Å²) in [6.45, 7) is 2.70. The minimum absolute atomic E-state index is 0.0585. The third-order valence-corrected chi connectivity index (χ3v) is 5.33. The Balaban J connectivity index is 1.41. The van der Waals surface area contributed by atoms with Crippen LogP contribution in [0.3, 0.4) is 0 Å². The van der Waals surface area contributed by atoms with Crippen LogP contribution in [0, 0.1) is 0 Å². The summed E-state index contributed by atoms with van der Waals surface area (Å²) < 4.78 is 16.1. The number of carbonyl (C=O) groups is 1. The van der Waals surface area contributed by atoms with E-state index in [1.807, 2.05) is 41.3 Å². The van der Waals surface area contributed by atoms with Gasteiger partial charge in [-0.05, 0) is 47.4 Å². The smallest absolute Gasteiger partial charge is 0.321 e. The van der Waals surface area contributed by atoms with Gasteiger partial charge in [0, 0.05) is 24.7 Å². The predicted octanol–water partition coefficient (Wildman–Crippen LogP) is 3.76. The molecule has 0 spiro atoms. The number of nitrogens with one attached hydrogen (secondary N) is 1. The highest BCUT2D eigenvalue weighted by molar-refractivity contribution is 5.89. The van der Waals surface area contributed by atoms with Crippen LogP contribution in [0.2, 0.25) is 0 Å². The summed E-state index contributed by atoms with van der Waals surface area (Å²) in [5.41, 5.74) is 4.33. The van der Waals surface area contributed by atoms with Crippen LogP contribution in [-0.4, -0.2) is 38.2 Å². The van der Waals surface area contributed by atoms with Crippen LogP contribution in [0.25, 0.3) is 0 Å². The molecule has 0 bridgehead atoms. The number of carbonyl (C=O) groups excluding carboxylic acids is 1. The summed E-state index contributed by atoms with van der Waals surface area (Å²) in [4.78, 5) is 14.5. The van der Waals surface area contributed by atoms with Crippen molar-refractivity contribution in [1.29, 1.82) is 0 Å². The number of methoxy groups -OCH3 is 2. The minimum atomic E-state index is -0.0585. The first-order valence-corrected chi connectivity index (χ1v) is 9.15. The van der Waals surface area contributed by atoms with E-state index in [9.17, 15) is 4.79 Å². The quantitative estimate of drug-likeness (QED) is 0.893. The van der Waals surface area contributed by atoms with Crippen molar-refractivity contribution in [3.63, 3.8) is 0 Å². The van der Waals surface area contributed by atoms with Crippen LogP contribution in [0.15, 0.2) is 36.4 Å². The summed E-state index contributed by atoms with van der Waals surface area (Å²) in [5, 5.41) is 3.01. The number of hydrogen-bond donors (Lipinski definition) is 1. The molecule has 27 heavy (non-hydrogen) atoms. The fourth-order valence-corrected chi connectivity index (χ4v) is 3.78. The number of amides is 2. The maximum atomic E-state index is 12.7.